The van der Waals surface area contributed by atoms with E-state index < -0.39 is 11.9 Å². The summed E-state index contributed by atoms with van der Waals surface area (Å²) in [5.41, 5.74) is 1.79. The number of carbonyl (C=O) groups is 4. The lowest BCUT2D eigenvalue weighted by Gasteiger charge is -2.28. The Morgan fingerprint density at radius 1 is 0.947 bits per heavy atom. The molecule has 2 aliphatic carbocycles. The second-order valence-corrected chi connectivity index (χ2v) is 12.6. The largest absolute Gasteiger partial charge is 0.495 e. The molecular weight excluding hydrogens is 620 g/mol. The number of alkyl halides is 2. The molecule has 0 radical (unpaired) electrons. The molecule has 38 heavy (non-hydrogen) atoms. The second kappa shape index (κ2) is 9.48. The minimum atomic E-state index is -0.627. The SMILES string of the molecule is COc1ccccc1N1C[C@H](C(=O)Oc2ccc(N3C(=O)[C@@H]4[C@H]5C[C@@H]([C@H](Br)[C@@H]5Br)[C@@H]4C3=O)c(C)c2)CC1=O. The monoisotopic (exact) mass is 644 g/mol. The number of nitrogens with zero attached hydrogens (tertiary/aromatic N) is 2. The van der Waals surface area contributed by atoms with Crippen molar-refractivity contribution < 1.29 is 28.7 Å². The van der Waals surface area contributed by atoms with Gasteiger partial charge < -0.3 is 14.4 Å². The molecule has 0 N–H and O–H groups in total. The van der Waals surface area contributed by atoms with Gasteiger partial charge in [-0.15, -0.1) is 0 Å². The van der Waals surface area contributed by atoms with E-state index in [1.807, 2.05) is 12.1 Å². The van der Waals surface area contributed by atoms with E-state index in [-0.39, 0.29) is 64.0 Å². The molecule has 2 saturated carbocycles. The van der Waals surface area contributed by atoms with E-state index in [0.717, 1.165) is 6.42 Å². The molecule has 2 saturated heterocycles. The number of aryl methyl sites for hydroxylation is 1. The summed E-state index contributed by atoms with van der Waals surface area (Å²) in [6.45, 7) is 1.99. The molecule has 2 aromatic rings. The summed E-state index contributed by atoms with van der Waals surface area (Å²) in [4.78, 5) is 55.6. The van der Waals surface area contributed by atoms with E-state index in [1.165, 1.54) is 12.0 Å². The van der Waals surface area contributed by atoms with E-state index in [2.05, 4.69) is 31.9 Å². The van der Waals surface area contributed by atoms with Crippen LogP contribution in [0, 0.1) is 36.5 Å². The molecule has 2 aliphatic heterocycles. The zero-order valence-electron chi connectivity index (χ0n) is 20.8. The standard InChI is InChI=1S/C28H26Br2N2O6/c1-13-9-15(38-28(36)14-10-21(33)31(12-14)19-5-3-4-6-20(19)37-2)7-8-18(13)32-26(34)22-16-11-17(23(22)27(32)35)25(30)24(16)29/h3-9,14,16-17,22-25H,10-12H2,1-2H3/t14-,16-,17-,22-,23+,24-,25+/m1/s1. The molecule has 198 valence electrons. The highest BCUT2D eigenvalue weighted by molar-refractivity contribution is 9.12. The highest BCUT2D eigenvalue weighted by Crippen LogP contribution is 2.60. The Bertz CT molecular complexity index is 1330. The maximum Gasteiger partial charge on any atom is 0.316 e. The summed E-state index contributed by atoms with van der Waals surface area (Å²) in [5, 5.41) is 0. The van der Waals surface area contributed by atoms with Gasteiger partial charge in [-0.25, -0.2) is 4.90 Å². The molecule has 3 amide bonds. The van der Waals surface area contributed by atoms with Gasteiger partial charge >= 0.3 is 5.97 Å². The molecular formula is C28H26Br2N2O6. The van der Waals surface area contributed by atoms with Gasteiger partial charge in [0.15, 0.2) is 0 Å². The highest BCUT2D eigenvalue weighted by atomic mass is 79.9. The van der Waals surface area contributed by atoms with Crippen LogP contribution in [0.5, 0.6) is 11.5 Å². The summed E-state index contributed by atoms with van der Waals surface area (Å²) >= 11 is 7.43. The first-order valence-corrected chi connectivity index (χ1v) is 14.5. The van der Waals surface area contributed by atoms with Crippen molar-refractivity contribution in [3.63, 3.8) is 0 Å². The van der Waals surface area contributed by atoms with Crippen LogP contribution in [0.3, 0.4) is 0 Å². The van der Waals surface area contributed by atoms with Crippen LogP contribution in [-0.4, -0.2) is 47.0 Å². The van der Waals surface area contributed by atoms with Crippen molar-refractivity contribution in [2.45, 2.75) is 29.4 Å². The van der Waals surface area contributed by atoms with Gasteiger partial charge in [0.2, 0.25) is 17.7 Å². The minimum absolute atomic E-state index is 0.0406. The predicted octanol–water partition coefficient (Wildman–Crippen LogP) is 4.24. The Morgan fingerprint density at radius 3 is 2.24 bits per heavy atom. The highest BCUT2D eigenvalue weighted by Gasteiger charge is 2.66. The van der Waals surface area contributed by atoms with Crippen LogP contribution in [0.25, 0.3) is 0 Å². The third-order valence-electron chi connectivity index (χ3n) is 8.45. The maximum absolute atomic E-state index is 13.4. The molecule has 7 atom stereocenters. The summed E-state index contributed by atoms with van der Waals surface area (Å²) in [6, 6.07) is 12.1. The van der Waals surface area contributed by atoms with Crippen LogP contribution in [0.4, 0.5) is 11.4 Å². The Balaban J connectivity index is 1.16. The third-order valence-corrected chi connectivity index (χ3v) is 11.7. The van der Waals surface area contributed by atoms with Gasteiger partial charge in [0.1, 0.15) is 11.5 Å². The van der Waals surface area contributed by atoms with Crippen molar-refractivity contribution in [2.24, 2.45) is 29.6 Å². The number of hydrogen-bond donors (Lipinski definition) is 0. The Kier molecular flexibility index (Phi) is 6.38. The molecule has 4 aliphatic rings. The Hall–Kier alpha value is -2.72. The summed E-state index contributed by atoms with van der Waals surface area (Å²) in [6.07, 6.45) is 0.914. The zero-order valence-corrected chi connectivity index (χ0v) is 24.0. The molecule has 0 aromatic heterocycles. The number of methoxy groups -OCH3 is 1. The summed E-state index contributed by atoms with van der Waals surface area (Å²) in [7, 11) is 1.54. The zero-order chi connectivity index (χ0) is 26.9. The first-order chi connectivity index (χ1) is 18.2. The predicted molar refractivity (Wildman–Crippen MR) is 147 cm³/mol. The second-order valence-electron chi connectivity index (χ2n) is 10.5. The smallest absolute Gasteiger partial charge is 0.316 e. The van der Waals surface area contributed by atoms with Gasteiger partial charge in [-0.2, -0.15) is 0 Å². The van der Waals surface area contributed by atoms with Crippen molar-refractivity contribution in [3.05, 3.63) is 48.0 Å². The number of ether oxygens (including phenoxy) is 2. The molecule has 8 nitrogen and oxygen atoms in total. The average Bonchev–Trinajstić information content (AvgIpc) is 3.62. The van der Waals surface area contributed by atoms with Crippen molar-refractivity contribution in [2.75, 3.05) is 23.5 Å². The molecule has 0 spiro atoms. The van der Waals surface area contributed by atoms with E-state index in [9.17, 15) is 19.2 Å². The quantitative estimate of drug-likeness (QED) is 0.209. The number of rotatable bonds is 5. The normalized spacial score (nSPS) is 31.8. The lowest BCUT2D eigenvalue weighted by Crippen LogP contribution is -2.37. The lowest BCUT2D eigenvalue weighted by molar-refractivity contribution is -0.139. The van der Waals surface area contributed by atoms with E-state index >= 15 is 0 Å². The fourth-order valence-corrected chi connectivity index (χ4v) is 8.55. The van der Waals surface area contributed by atoms with Crippen molar-refractivity contribution >= 4 is 66.9 Å². The van der Waals surface area contributed by atoms with Gasteiger partial charge in [0, 0.05) is 22.6 Å². The van der Waals surface area contributed by atoms with E-state index in [0.29, 0.717) is 28.4 Å². The van der Waals surface area contributed by atoms with Gasteiger partial charge in [-0.1, -0.05) is 44.0 Å². The molecule has 0 unspecified atom stereocenters. The molecule has 10 heteroatoms. The van der Waals surface area contributed by atoms with Crippen molar-refractivity contribution in [3.8, 4) is 11.5 Å². The van der Waals surface area contributed by atoms with Gasteiger partial charge in [0.25, 0.3) is 0 Å². The minimum Gasteiger partial charge on any atom is -0.495 e. The third kappa shape index (κ3) is 3.82. The van der Waals surface area contributed by atoms with Gasteiger partial charge in [-0.3, -0.25) is 19.2 Å². The number of fused-ring (bicyclic) bond motifs is 5. The van der Waals surface area contributed by atoms with Crippen LogP contribution < -0.4 is 19.3 Å². The molecule has 6 rings (SSSR count). The maximum atomic E-state index is 13.4. The van der Waals surface area contributed by atoms with E-state index in [1.54, 1.807) is 42.2 Å². The first-order valence-electron chi connectivity index (χ1n) is 12.6. The molecule has 2 aromatic carbocycles. The number of anilines is 2. The van der Waals surface area contributed by atoms with Crippen LogP contribution in [0.1, 0.15) is 18.4 Å². The van der Waals surface area contributed by atoms with Crippen molar-refractivity contribution in [1.29, 1.82) is 0 Å². The number of hydrogen-bond acceptors (Lipinski definition) is 6. The summed E-state index contributed by atoms with van der Waals surface area (Å²) < 4.78 is 11.0. The topological polar surface area (TPSA) is 93.2 Å². The molecule has 4 fully saturated rings. The van der Waals surface area contributed by atoms with Crippen molar-refractivity contribution in [1.82, 2.24) is 0 Å². The summed E-state index contributed by atoms with van der Waals surface area (Å²) in [5.74, 6) is -1.06. The van der Waals surface area contributed by atoms with Crippen LogP contribution in [0.2, 0.25) is 0 Å². The number of halogens is 2. The fourth-order valence-electron chi connectivity index (χ4n) is 6.68. The number of para-hydroxylation sites is 2. The average molecular weight is 646 g/mol. The Morgan fingerprint density at radius 2 is 1.61 bits per heavy atom. The Labute approximate surface area is 236 Å². The van der Waals surface area contributed by atoms with Crippen LogP contribution >= 0.6 is 31.9 Å². The number of benzene rings is 2. The number of amides is 3. The van der Waals surface area contributed by atoms with Gasteiger partial charge in [-0.05, 0) is 61.1 Å². The molecule has 2 bridgehead atoms. The number of esters is 1. The van der Waals surface area contributed by atoms with E-state index in [4.69, 9.17) is 9.47 Å². The first kappa shape index (κ1) is 25.6. The van der Waals surface area contributed by atoms with Crippen LogP contribution in [0.15, 0.2) is 42.5 Å². The fraction of sp³-hybridized carbons (Fsp3) is 0.429. The number of imide groups is 1. The number of carbonyl (C=O) groups excluding carboxylic acids is 4. The lowest BCUT2D eigenvalue weighted by atomic mass is 9.81. The van der Waals surface area contributed by atoms with Crippen LogP contribution in [-0.2, 0) is 19.2 Å². The molecule has 2 heterocycles. The van der Waals surface area contributed by atoms with Gasteiger partial charge in [0.05, 0.1) is 36.2 Å².